The molecule has 0 bridgehead atoms. The van der Waals surface area contributed by atoms with Crippen LogP contribution in [-0.2, 0) is 13.0 Å². The fraction of sp³-hybridized carbons (Fsp3) is 0.600. The number of rotatable bonds is 3. The minimum Gasteiger partial charge on any atom is -0.306 e. The first-order chi connectivity index (χ1) is 7.42. The first-order valence-electron chi connectivity index (χ1n) is 5.22. The summed E-state index contributed by atoms with van der Waals surface area (Å²) in [7, 11) is 0. The fourth-order valence-electron chi connectivity index (χ4n) is 1.72. The first-order valence-corrected chi connectivity index (χ1v) is 6.64. The van der Waals surface area contributed by atoms with Gasteiger partial charge >= 0.3 is 0 Å². The minimum atomic E-state index is 0.863. The maximum Gasteiger partial charge on any atom is 0.191 e. The molecule has 3 nitrogen and oxygen atoms in total. The van der Waals surface area contributed by atoms with Crippen LogP contribution in [0.2, 0.25) is 0 Å². The van der Waals surface area contributed by atoms with Crippen molar-refractivity contribution in [2.45, 2.75) is 37.4 Å². The van der Waals surface area contributed by atoms with E-state index >= 15 is 0 Å². The van der Waals surface area contributed by atoms with Gasteiger partial charge in [-0.25, -0.2) is 0 Å². The van der Waals surface area contributed by atoms with Crippen molar-refractivity contribution >= 4 is 23.4 Å². The summed E-state index contributed by atoms with van der Waals surface area (Å²) < 4.78 is 2.25. The van der Waals surface area contributed by atoms with E-state index in [1.165, 1.54) is 19.3 Å². The zero-order valence-electron chi connectivity index (χ0n) is 8.53. The lowest BCUT2D eigenvalue weighted by atomic mass is 10.2. The first kappa shape index (κ1) is 11.0. The lowest BCUT2D eigenvalue weighted by molar-refractivity contribution is 0.591. The number of halogens is 1. The summed E-state index contributed by atoms with van der Waals surface area (Å²) in [5.74, 6) is 2.01. The van der Waals surface area contributed by atoms with Crippen molar-refractivity contribution in [3.63, 3.8) is 0 Å². The van der Waals surface area contributed by atoms with E-state index in [2.05, 4.69) is 14.8 Å². The van der Waals surface area contributed by atoms with E-state index in [-0.39, 0.29) is 0 Å². The molecule has 2 rings (SSSR count). The second-order valence-corrected chi connectivity index (χ2v) is 4.77. The SMILES string of the molecule is ClC=CCSc1nnc2n1CCCCC2. The normalized spacial score (nSPS) is 16.6. The van der Waals surface area contributed by atoms with Gasteiger partial charge in [0.05, 0.1) is 0 Å². The lowest BCUT2D eigenvalue weighted by Crippen LogP contribution is -2.02. The Morgan fingerprint density at radius 2 is 2.27 bits per heavy atom. The number of nitrogens with zero attached hydrogens (tertiary/aromatic N) is 3. The quantitative estimate of drug-likeness (QED) is 0.765. The molecule has 0 aliphatic carbocycles. The molecular weight excluding hydrogens is 230 g/mol. The zero-order valence-corrected chi connectivity index (χ0v) is 10.1. The van der Waals surface area contributed by atoms with Crippen molar-refractivity contribution in [2.24, 2.45) is 0 Å². The van der Waals surface area contributed by atoms with Gasteiger partial charge in [-0.2, -0.15) is 0 Å². The molecule has 0 aromatic carbocycles. The Hall–Kier alpha value is -0.480. The van der Waals surface area contributed by atoms with Crippen LogP contribution in [0.5, 0.6) is 0 Å². The van der Waals surface area contributed by atoms with E-state index in [9.17, 15) is 0 Å². The molecule has 1 aliphatic heterocycles. The predicted octanol–water partition coefficient (Wildman–Crippen LogP) is 2.85. The van der Waals surface area contributed by atoms with Crippen LogP contribution in [0.15, 0.2) is 16.8 Å². The highest BCUT2D eigenvalue weighted by Gasteiger charge is 2.13. The standard InChI is InChI=1S/C10H14ClN3S/c11-6-4-8-15-10-13-12-9-5-2-1-3-7-14(9)10/h4,6H,1-3,5,7-8H2. The number of hydrogen-bond donors (Lipinski definition) is 0. The van der Waals surface area contributed by atoms with Gasteiger partial charge in [0, 0.05) is 24.3 Å². The highest BCUT2D eigenvalue weighted by molar-refractivity contribution is 7.99. The molecule has 0 fully saturated rings. The number of aryl methyl sites for hydroxylation is 1. The highest BCUT2D eigenvalue weighted by atomic mass is 35.5. The van der Waals surface area contributed by atoms with Gasteiger partial charge in [0.1, 0.15) is 5.82 Å². The molecule has 0 spiro atoms. The lowest BCUT2D eigenvalue weighted by Gasteiger charge is -2.04. The molecule has 0 saturated carbocycles. The van der Waals surface area contributed by atoms with Crippen molar-refractivity contribution < 1.29 is 0 Å². The van der Waals surface area contributed by atoms with Crippen LogP contribution in [-0.4, -0.2) is 20.5 Å². The predicted molar refractivity (Wildman–Crippen MR) is 63.3 cm³/mol. The smallest absolute Gasteiger partial charge is 0.191 e. The molecule has 0 unspecified atom stereocenters. The van der Waals surface area contributed by atoms with Gasteiger partial charge < -0.3 is 4.57 Å². The van der Waals surface area contributed by atoms with Gasteiger partial charge in [0.2, 0.25) is 0 Å². The van der Waals surface area contributed by atoms with Crippen molar-refractivity contribution in [3.05, 3.63) is 17.4 Å². The summed E-state index contributed by atoms with van der Waals surface area (Å²) in [5, 5.41) is 9.47. The Kier molecular flexibility index (Phi) is 4.09. The third-order valence-electron chi connectivity index (χ3n) is 2.47. The Labute approximate surface area is 98.9 Å². The van der Waals surface area contributed by atoms with E-state index in [4.69, 9.17) is 11.6 Å². The maximum atomic E-state index is 5.47. The number of hydrogen-bond acceptors (Lipinski definition) is 3. The second-order valence-electron chi connectivity index (χ2n) is 3.53. The van der Waals surface area contributed by atoms with Crippen LogP contribution in [0, 0.1) is 0 Å². The topological polar surface area (TPSA) is 30.7 Å². The molecule has 2 heterocycles. The van der Waals surface area contributed by atoms with Crippen LogP contribution < -0.4 is 0 Å². The van der Waals surface area contributed by atoms with Crippen molar-refractivity contribution in [1.29, 1.82) is 0 Å². The molecule has 0 atom stereocenters. The van der Waals surface area contributed by atoms with Gasteiger partial charge in [-0.1, -0.05) is 35.9 Å². The highest BCUT2D eigenvalue weighted by Crippen LogP contribution is 2.21. The van der Waals surface area contributed by atoms with Crippen LogP contribution in [0.1, 0.15) is 25.1 Å². The zero-order chi connectivity index (χ0) is 10.5. The van der Waals surface area contributed by atoms with Crippen molar-refractivity contribution in [1.82, 2.24) is 14.8 Å². The Morgan fingerprint density at radius 1 is 1.33 bits per heavy atom. The largest absolute Gasteiger partial charge is 0.306 e. The monoisotopic (exact) mass is 243 g/mol. The summed E-state index contributed by atoms with van der Waals surface area (Å²) >= 11 is 7.17. The Morgan fingerprint density at radius 3 is 3.13 bits per heavy atom. The summed E-state index contributed by atoms with van der Waals surface area (Å²) in [4.78, 5) is 0. The van der Waals surface area contributed by atoms with Crippen LogP contribution in [0.25, 0.3) is 0 Å². The van der Waals surface area contributed by atoms with Gasteiger partial charge in [0.25, 0.3) is 0 Å². The van der Waals surface area contributed by atoms with Gasteiger partial charge in [-0.15, -0.1) is 10.2 Å². The average Bonchev–Trinajstić information content (AvgIpc) is 2.50. The molecular formula is C10H14ClN3S. The summed E-state index contributed by atoms with van der Waals surface area (Å²) in [6, 6.07) is 0. The van der Waals surface area contributed by atoms with Gasteiger partial charge in [-0.3, -0.25) is 0 Å². The van der Waals surface area contributed by atoms with E-state index in [0.29, 0.717) is 0 Å². The fourth-order valence-corrected chi connectivity index (χ4v) is 2.71. The Balaban J connectivity index is 2.07. The van der Waals surface area contributed by atoms with Crippen molar-refractivity contribution in [3.8, 4) is 0 Å². The van der Waals surface area contributed by atoms with Gasteiger partial charge in [0.15, 0.2) is 5.16 Å². The number of aromatic nitrogens is 3. The molecule has 0 N–H and O–H groups in total. The molecule has 1 aliphatic rings. The third kappa shape index (κ3) is 2.75. The summed E-state index contributed by atoms with van der Waals surface area (Å²) in [5.41, 5.74) is 1.55. The van der Waals surface area contributed by atoms with E-state index < -0.39 is 0 Å². The van der Waals surface area contributed by atoms with Gasteiger partial charge in [-0.05, 0) is 12.8 Å². The van der Waals surface area contributed by atoms with E-state index in [0.717, 1.165) is 29.7 Å². The third-order valence-corrected chi connectivity index (χ3v) is 3.57. The number of fused-ring (bicyclic) bond motifs is 1. The van der Waals surface area contributed by atoms with E-state index in [1.54, 1.807) is 17.3 Å². The molecule has 15 heavy (non-hydrogen) atoms. The van der Waals surface area contributed by atoms with Crippen LogP contribution in [0.3, 0.4) is 0 Å². The number of thioether (sulfide) groups is 1. The molecule has 0 saturated heterocycles. The summed E-state index contributed by atoms with van der Waals surface area (Å²) in [6.45, 7) is 1.06. The molecule has 82 valence electrons. The second kappa shape index (κ2) is 5.56. The molecule has 0 radical (unpaired) electrons. The van der Waals surface area contributed by atoms with Crippen LogP contribution >= 0.6 is 23.4 Å². The Bertz CT molecular complexity index is 348. The molecule has 1 aromatic rings. The minimum absolute atomic E-state index is 0.863. The molecule has 0 amide bonds. The van der Waals surface area contributed by atoms with Crippen LogP contribution in [0.4, 0.5) is 0 Å². The maximum absolute atomic E-state index is 5.47. The average molecular weight is 244 g/mol. The molecule has 1 aromatic heterocycles. The molecule has 5 heteroatoms. The van der Waals surface area contributed by atoms with Crippen molar-refractivity contribution in [2.75, 3.05) is 5.75 Å². The van der Waals surface area contributed by atoms with E-state index in [1.807, 2.05) is 6.08 Å². The summed E-state index contributed by atoms with van der Waals surface area (Å²) in [6.07, 6.45) is 6.77.